The van der Waals surface area contributed by atoms with Crippen molar-refractivity contribution in [1.82, 2.24) is 9.97 Å². The highest BCUT2D eigenvalue weighted by Gasteiger charge is 2.21. The van der Waals surface area contributed by atoms with Crippen LogP contribution in [0.4, 0.5) is 0 Å². The normalized spacial score (nSPS) is 15.7. The maximum Gasteiger partial charge on any atom is 0.194 e. The molecule has 1 aromatic heterocycles. The van der Waals surface area contributed by atoms with Gasteiger partial charge >= 0.3 is 0 Å². The van der Waals surface area contributed by atoms with E-state index in [4.69, 9.17) is 27.9 Å². The Labute approximate surface area is 140 Å². The number of ether oxygens (including phenoxy) is 1. The molecule has 0 spiro atoms. The van der Waals surface area contributed by atoms with E-state index >= 15 is 0 Å². The van der Waals surface area contributed by atoms with Gasteiger partial charge in [0, 0.05) is 5.92 Å². The molecule has 0 N–H and O–H groups in total. The first-order valence-corrected chi connectivity index (χ1v) is 8.39. The molecule has 0 bridgehead atoms. The molecule has 1 fully saturated rings. The summed E-state index contributed by atoms with van der Waals surface area (Å²) < 4.78 is 5.71. The minimum atomic E-state index is 0.302. The summed E-state index contributed by atoms with van der Waals surface area (Å²) in [5.74, 6) is 1.49. The third-order valence-electron chi connectivity index (χ3n) is 4.00. The largest absolute Gasteiger partial charge is 0.483 e. The van der Waals surface area contributed by atoms with Crippen LogP contribution in [-0.2, 0) is 6.61 Å². The lowest BCUT2D eigenvalue weighted by atomic mass is 9.89. The molecule has 0 amide bonds. The molecule has 1 heterocycles. The summed E-state index contributed by atoms with van der Waals surface area (Å²) in [6.07, 6.45) is 5.94. The van der Waals surface area contributed by atoms with Crippen LogP contribution in [0.15, 0.2) is 30.3 Å². The molecule has 5 heteroatoms. The monoisotopic (exact) mass is 336 g/mol. The molecule has 2 aromatic rings. The van der Waals surface area contributed by atoms with Gasteiger partial charge in [0.05, 0.1) is 0 Å². The van der Waals surface area contributed by atoms with Crippen molar-refractivity contribution in [2.45, 2.75) is 44.6 Å². The first-order valence-electron chi connectivity index (χ1n) is 7.63. The summed E-state index contributed by atoms with van der Waals surface area (Å²) in [4.78, 5) is 8.83. The molecule has 3 nitrogen and oxygen atoms in total. The highest BCUT2D eigenvalue weighted by Crippen LogP contribution is 2.36. The molecule has 0 unspecified atom stereocenters. The molecule has 0 aliphatic heterocycles. The van der Waals surface area contributed by atoms with Gasteiger partial charge in [-0.3, -0.25) is 0 Å². The van der Waals surface area contributed by atoms with Crippen molar-refractivity contribution >= 4 is 23.2 Å². The second-order valence-corrected chi connectivity index (χ2v) is 6.32. The van der Waals surface area contributed by atoms with Crippen molar-refractivity contribution in [3.63, 3.8) is 0 Å². The number of hydrogen-bond donors (Lipinski definition) is 0. The van der Waals surface area contributed by atoms with E-state index in [2.05, 4.69) is 9.97 Å². The number of rotatable bonds is 4. The second kappa shape index (κ2) is 7.30. The lowest BCUT2D eigenvalue weighted by Gasteiger charge is -2.21. The van der Waals surface area contributed by atoms with Gasteiger partial charge in [0.25, 0.3) is 0 Å². The van der Waals surface area contributed by atoms with Crippen molar-refractivity contribution in [3.05, 3.63) is 52.0 Å². The van der Waals surface area contributed by atoms with E-state index < -0.39 is 0 Å². The molecular formula is C17H18Cl2N2O. The van der Waals surface area contributed by atoms with E-state index in [1.807, 2.05) is 30.3 Å². The minimum Gasteiger partial charge on any atom is -0.483 e. The van der Waals surface area contributed by atoms with Crippen molar-refractivity contribution < 1.29 is 4.74 Å². The van der Waals surface area contributed by atoms with Gasteiger partial charge in [-0.2, -0.15) is 0 Å². The molecule has 116 valence electrons. The van der Waals surface area contributed by atoms with Gasteiger partial charge in [-0.25, -0.2) is 9.97 Å². The van der Waals surface area contributed by atoms with Crippen molar-refractivity contribution in [2.24, 2.45) is 0 Å². The lowest BCUT2D eigenvalue weighted by Crippen LogP contribution is -2.10. The Morgan fingerprint density at radius 2 is 1.59 bits per heavy atom. The summed E-state index contributed by atoms with van der Waals surface area (Å²) in [6, 6.07) is 9.86. The third kappa shape index (κ3) is 3.71. The lowest BCUT2D eigenvalue weighted by molar-refractivity contribution is 0.303. The Morgan fingerprint density at radius 1 is 0.955 bits per heavy atom. The van der Waals surface area contributed by atoms with Crippen molar-refractivity contribution in [2.75, 3.05) is 0 Å². The predicted octanol–water partition coefficient (Wildman–Crippen LogP) is 5.41. The van der Waals surface area contributed by atoms with Gasteiger partial charge in [0.2, 0.25) is 0 Å². The first-order chi connectivity index (χ1) is 10.7. The molecule has 1 aliphatic carbocycles. The zero-order valence-electron chi connectivity index (χ0n) is 12.3. The second-order valence-electron chi connectivity index (χ2n) is 5.60. The Hall–Kier alpha value is -1.32. The van der Waals surface area contributed by atoms with Crippen LogP contribution in [0.3, 0.4) is 0 Å². The van der Waals surface area contributed by atoms with E-state index in [-0.39, 0.29) is 0 Å². The van der Waals surface area contributed by atoms with E-state index in [1.165, 1.54) is 19.3 Å². The maximum absolute atomic E-state index is 6.26. The van der Waals surface area contributed by atoms with Crippen LogP contribution in [-0.4, -0.2) is 9.97 Å². The molecule has 1 aliphatic rings. The molecule has 1 aromatic carbocycles. The van der Waals surface area contributed by atoms with Crippen LogP contribution in [0.2, 0.25) is 10.3 Å². The van der Waals surface area contributed by atoms with E-state index in [0.29, 0.717) is 28.6 Å². The average molecular weight is 337 g/mol. The van der Waals surface area contributed by atoms with Crippen LogP contribution in [0.25, 0.3) is 0 Å². The molecule has 1 saturated carbocycles. The number of nitrogens with zero attached hydrogens (tertiary/aromatic N) is 2. The minimum absolute atomic E-state index is 0.302. The number of aromatic nitrogens is 2. The zero-order chi connectivity index (χ0) is 15.4. The van der Waals surface area contributed by atoms with Gasteiger partial charge in [-0.05, 0) is 18.4 Å². The molecule has 22 heavy (non-hydrogen) atoms. The highest BCUT2D eigenvalue weighted by atomic mass is 35.5. The Morgan fingerprint density at radius 3 is 2.23 bits per heavy atom. The van der Waals surface area contributed by atoms with Gasteiger partial charge in [0.1, 0.15) is 12.4 Å². The van der Waals surface area contributed by atoms with Crippen LogP contribution in [0, 0.1) is 0 Å². The standard InChI is InChI=1S/C17H18Cl2N2O/c18-15-14(22-11-12-7-3-1-4-8-12)16(19)21-17(20-15)13-9-5-2-6-10-13/h1,3-4,7-8,13H,2,5-6,9-11H2. The molecule has 3 rings (SSSR count). The molecule has 0 saturated heterocycles. The van der Waals surface area contributed by atoms with E-state index in [0.717, 1.165) is 24.2 Å². The van der Waals surface area contributed by atoms with Crippen molar-refractivity contribution in [1.29, 1.82) is 0 Å². The van der Waals surface area contributed by atoms with E-state index in [9.17, 15) is 0 Å². The van der Waals surface area contributed by atoms with Crippen LogP contribution in [0.5, 0.6) is 5.75 Å². The zero-order valence-corrected chi connectivity index (χ0v) is 13.8. The maximum atomic E-state index is 6.26. The summed E-state index contributed by atoms with van der Waals surface area (Å²) in [7, 11) is 0. The first kappa shape index (κ1) is 15.6. The van der Waals surface area contributed by atoms with Crippen molar-refractivity contribution in [3.8, 4) is 5.75 Å². The summed E-state index contributed by atoms with van der Waals surface area (Å²) in [5.41, 5.74) is 1.05. The smallest absolute Gasteiger partial charge is 0.194 e. The Balaban J connectivity index is 1.74. The van der Waals surface area contributed by atoms with Crippen LogP contribution in [0.1, 0.15) is 49.4 Å². The van der Waals surface area contributed by atoms with Gasteiger partial charge in [0.15, 0.2) is 16.1 Å². The van der Waals surface area contributed by atoms with Gasteiger partial charge in [-0.1, -0.05) is 72.8 Å². The fraction of sp³-hybridized carbons (Fsp3) is 0.412. The van der Waals surface area contributed by atoms with Crippen LogP contribution < -0.4 is 4.74 Å². The fourth-order valence-electron chi connectivity index (χ4n) is 2.81. The number of benzene rings is 1. The average Bonchev–Trinajstić information content (AvgIpc) is 2.56. The molecular weight excluding hydrogens is 319 g/mol. The van der Waals surface area contributed by atoms with E-state index in [1.54, 1.807) is 0 Å². The number of halogens is 2. The fourth-order valence-corrected chi connectivity index (χ4v) is 3.31. The quantitative estimate of drug-likeness (QED) is 0.700. The topological polar surface area (TPSA) is 35.0 Å². The highest BCUT2D eigenvalue weighted by molar-refractivity contribution is 6.35. The summed E-state index contributed by atoms with van der Waals surface area (Å²) in [6.45, 7) is 0.395. The number of hydrogen-bond acceptors (Lipinski definition) is 3. The summed E-state index contributed by atoms with van der Waals surface area (Å²) in [5, 5.41) is 0.605. The summed E-state index contributed by atoms with van der Waals surface area (Å²) >= 11 is 12.5. The third-order valence-corrected chi connectivity index (χ3v) is 4.51. The SMILES string of the molecule is Clc1nc(C2CCCCC2)nc(Cl)c1OCc1ccccc1. The Bertz CT molecular complexity index is 605. The van der Waals surface area contributed by atoms with Gasteiger partial charge < -0.3 is 4.74 Å². The van der Waals surface area contributed by atoms with Gasteiger partial charge in [-0.15, -0.1) is 0 Å². The Kier molecular flexibility index (Phi) is 5.16. The predicted molar refractivity (Wildman–Crippen MR) is 88.7 cm³/mol. The molecule has 0 radical (unpaired) electrons. The van der Waals surface area contributed by atoms with Crippen LogP contribution >= 0.6 is 23.2 Å². The molecule has 0 atom stereocenters.